The Kier molecular flexibility index (Phi) is 7.99. The van der Waals surface area contributed by atoms with Gasteiger partial charge in [-0.2, -0.15) is 0 Å². The van der Waals surface area contributed by atoms with Gasteiger partial charge in [-0.05, 0) is 67.1 Å². The third-order valence-electron chi connectivity index (χ3n) is 8.40. The number of nitrogens with zero attached hydrogens (tertiary/aromatic N) is 1. The number of anilines is 1. The van der Waals surface area contributed by atoms with Crippen molar-refractivity contribution in [3.8, 4) is 0 Å². The summed E-state index contributed by atoms with van der Waals surface area (Å²) in [5.41, 5.74) is 0.129. The predicted octanol–water partition coefficient (Wildman–Crippen LogP) is 5.48. The minimum atomic E-state index is -1.24. The standard InChI is InChI=1S/C30H37Cl2FN4O2/c1-29(2,3)17-23-30(20-11-10-18(31)16-22(20)35-28(30)39)24(19-8-7-9-21(32)25(19)33)26(36-23)27(38)34-12-15-37-13-5-4-6-14-37/h7-11,16,23-24,26,36H,4-6,12-15,17H2,1-3H3,(H,34,38)(H,35,39)/t23-,24+,26-,30+/m1/s1. The number of nitrogens with one attached hydrogen (secondary N) is 3. The number of likely N-dealkylation sites (tertiary alicyclic amines) is 1. The molecular formula is C30H37Cl2FN4O2. The third kappa shape index (κ3) is 5.31. The topological polar surface area (TPSA) is 73.5 Å². The van der Waals surface area contributed by atoms with Gasteiger partial charge in [0.2, 0.25) is 11.8 Å². The van der Waals surface area contributed by atoms with Crippen molar-refractivity contribution >= 4 is 40.7 Å². The molecule has 3 aliphatic rings. The SMILES string of the molecule is CC(C)(C)C[C@H]1N[C@@H](C(=O)NCCN2CCCCC2)[C@H](c2cccc(Cl)c2F)[C@@]12C(=O)Nc1cc(Cl)ccc12. The van der Waals surface area contributed by atoms with Crippen LogP contribution in [0.25, 0.3) is 0 Å². The number of piperidine rings is 1. The lowest BCUT2D eigenvalue weighted by Gasteiger charge is -2.37. The van der Waals surface area contributed by atoms with Crippen molar-refractivity contribution < 1.29 is 14.0 Å². The predicted molar refractivity (Wildman–Crippen MR) is 154 cm³/mol. The summed E-state index contributed by atoms with van der Waals surface area (Å²) in [5, 5.41) is 10.1. The quantitative estimate of drug-likeness (QED) is 0.427. The zero-order valence-electron chi connectivity index (χ0n) is 22.8. The molecule has 0 aromatic heterocycles. The summed E-state index contributed by atoms with van der Waals surface area (Å²) in [4.78, 5) is 30.4. The van der Waals surface area contributed by atoms with Crippen LogP contribution in [0.5, 0.6) is 0 Å². The van der Waals surface area contributed by atoms with Crippen molar-refractivity contribution in [1.82, 2.24) is 15.5 Å². The van der Waals surface area contributed by atoms with Crippen LogP contribution in [0.3, 0.4) is 0 Å². The summed E-state index contributed by atoms with van der Waals surface area (Å²) in [6, 6.07) is 8.80. The number of hydrogen-bond donors (Lipinski definition) is 3. The van der Waals surface area contributed by atoms with Crippen LogP contribution in [0.4, 0.5) is 10.1 Å². The van der Waals surface area contributed by atoms with Gasteiger partial charge in [0.15, 0.2) is 0 Å². The molecule has 0 aliphatic carbocycles. The molecule has 3 heterocycles. The van der Waals surface area contributed by atoms with Crippen LogP contribution >= 0.6 is 23.2 Å². The molecule has 4 atom stereocenters. The van der Waals surface area contributed by atoms with Crippen LogP contribution < -0.4 is 16.0 Å². The maximum absolute atomic E-state index is 15.8. The molecule has 210 valence electrons. The molecule has 0 unspecified atom stereocenters. The first-order valence-corrected chi connectivity index (χ1v) is 14.6. The van der Waals surface area contributed by atoms with Crippen LogP contribution in [0, 0.1) is 11.2 Å². The fourth-order valence-electron chi connectivity index (χ4n) is 6.78. The zero-order chi connectivity index (χ0) is 27.9. The second-order valence-corrected chi connectivity index (χ2v) is 13.1. The number of amides is 2. The molecule has 0 bridgehead atoms. The van der Waals surface area contributed by atoms with Gasteiger partial charge in [0.05, 0.1) is 11.1 Å². The van der Waals surface area contributed by atoms with E-state index >= 15 is 4.39 Å². The van der Waals surface area contributed by atoms with Gasteiger partial charge in [0, 0.05) is 35.8 Å². The average Bonchev–Trinajstić information content (AvgIpc) is 3.35. The highest BCUT2D eigenvalue weighted by molar-refractivity contribution is 6.31. The Labute approximate surface area is 240 Å². The lowest BCUT2D eigenvalue weighted by Crippen LogP contribution is -2.49. The van der Waals surface area contributed by atoms with Gasteiger partial charge in [-0.15, -0.1) is 0 Å². The van der Waals surface area contributed by atoms with E-state index in [1.54, 1.807) is 24.3 Å². The smallest absolute Gasteiger partial charge is 0.237 e. The molecule has 5 rings (SSSR count). The van der Waals surface area contributed by atoms with E-state index in [9.17, 15) is 9.59 Å². The van der Waals surface area contributed by atoms with E-state index in [1.807, 2.05) is 6.07 Å². The molecule has 3 aliphatic heterocycles. The second kappa shape index (κ2) is 11.0. The van der Waals surface area contributed by atoms with Gasteiger partial charge in [-0.3, -0.25) is 9.59 Å². The lowest BCUT2D eigenvalue weighted by atomic mass is 9.62. The van der Waals surface area contributed by atoms with E-state index < -0.39 is 29.2 Å². The van der Waals surface area contributed by atoms with E-state index in [0.717, 1.165) is 19.6 Å². The summed E-state index contributed by atoms with van der Waals surface area (Å²) in [5.74, 6) is -1.96. The van der Waals surface area contributed by atoms with Gasteiger partial charge in [0.1, 0.15) is 11.2 Å². The van der Waals surface area contributed by atoms with Crippen LogP contribution in [0.2, 0.25) is 10.0 Å². The number of benzene rings is 2. The summed E-state index contributed by atoms with van der Waals surface area (Å²) >= 11 is 12.6. The van der Waals surface area contributed by atoms with Crippen molar-refractivity contribution in [3.05, 3.63) is 63.4 Å². The highest BCUT2D eigenvalue weighted by atomic mass is 35.5. The number of carbonyl (C=O) groups is 2. The molecule has 2 fully saturated rings. The lowest BCUT2D eigenvalue weighted by molar-refractivity contribution is -0.124. The maximum Gasteiger partial charge on any atom is 0.237 e. The number of fused-ring (bicyclic) bond motifs is 2. The van der Waals surface area contributed by atoms with Gasteiger partial charge in [-0.1, -0.05) is 68.6 Å². The highest BCUT2D eigenvalue weighted by Gasteiger charge is 2.66. The third-order valence-corrected chi connectivity index (χ3v) is 8.92. The molecule has 3 N–H and O–H groups in total. The Hall–Kier alpha value is -2.19. The van der Waals surface area contributed by atoms with Crippen molar-refractivity contribution in [2.24, 2.45) is 5.41 Å². The van der Waals surface area contributed by atoms with Crippen LogP contribution in [0.15, 0.2) is 36.4 Å². The Balaban J connectivity index is 1.59. The Morgan fingerprint density at radius 3 is 2.62 bits per heavy atom. The van der Waals surface area contributed by atoms with Gasteiger partial charge in [0.25, 0.3) is 0 Å². The Morgan fingerprint density at radius 2 is 1.90 bits per heavy atom. The molecule has 0 saturated carbocycles. The minimum Gasteiger partial charge on any atom is -0.353 e. The molecule has 2 saturated heterocycles. The molecule has 9 heteroatoms. The van der Waals surface area contributed by atoms with E-state index in [2.05, 4.69) is 41.6 Å². The van der Waals surface area contributed by atoms with E-state index in [1.165, 1.54) is 25.3 Å². The molecule has 39 heavy (non-hydrogen) atoms. The first-order valence-electron chi connectivity index (χ1n) is 13.8. The highest BCUT2D eigenvalue weighted by Crippen LogP contribution is 2.57. The van der Waals surface area contributed by atoms with Crippen molar-refractivity contribution in [2.45, 2.75) is 69.9 Å². The zero-order valence-corrected chi connectivity index (χ0v) is 24.3. The first kappa shape index (κ1) is 28.3. The fraction of sp³-hybridized carbons (Fsp3) is 0.533. The molecule has 6 nitrogen and oxygen atoms in total. The molecule has 1 spiro atoms. The van der Waals surface area contributed by atoms with E-state index in [4.69, 9.17) is 23.2 Å². The molecule has 2 amide bonds. The van der Waals surface area contributed by atoms with Crippen molar-refractivity contribution in [1.29, 1.82) is 0 Å². The van der Waals surface area contributed by atoms with Gasteiger partial charge in [-0.25, -0.2) is 4.39 Å². The summed E-state index contributed by atoms with van der Waals surface area (Å²) in [6.45, 7) is 9.59. The largest absolute Gasteiger partial charge is 0.353 e. The molecule has 0 radical (unpaired) electrons. The van der Waals surface area contributed by atoms with Gasteiger partial charge < -0.3 is 20.9 Å². The summed E-state index contributed by atoms with van der Waals surface area (Å²) in [7, 11) is 0. The van der Waals surface area contributed by atoms with Crippen LogP contribution in [0.1, 0.15) is 63.5 Å². The normalized spacial score (nSPS) is 27.0. The Morgan fingerprint density at radius 1 is 1.15 bits per heavy atom. The number of halogens is 3. The Bertz CT molecular complexity index is 1260. The van der Waals surface area contributed by atoms with Gasteiger partial charge >= 0.3 is 0 Å². The molecule has 2 aromatic rings. The monoisotopic (exact) mass is 574 g/mol. The van der Waals surface area contributed by atoms with Crippen molar-refractivity contribution in [2.75, 3.05) is 31.5 Å². The summed E-state index contributed by atoms with van der Waals surface area (Å²) in [6.07, 6.45) is 4.17. The maximum atomic E-state index is 15.8. The van der Waals surface area contributed by atoms with Crippen LogP contribution in [-0.2, 0) is 15.0 Å². The first-order chi connectivity index (χ1) is 18.5. The average molecular weight is 576 g/mol. The summed E-state index contributed by atoms with van der Waals surface area (Å²) < 4.78 is 15.8. The van der Waals surface area contributed by atoms with E-state index in [0.29, 0.717) is 29.2 Å². The second-order valence-electron chi connectivity index (χ2n) is 12.3. The van der Waals surface area contributed by atoms with Crippen LogP contribution in [-0.4, -0.2) is 55.0 Å². The molecular weight excluding hydrogens is 538 g/mol. The number of hydrogen-bond acceptors (Lipinski definition) is 4. The van der Waals surface area contributed by atoms with E-state index in [-0.39, 0.29) is 27.8 Å². The number of carbonyl (C=O) groups excluding carboxylic acids is 2. The van der Waals surface area contributed by atoms with Crippen molar-refractivity contribution in [3.63, 3.8) is 0 Å². The fourth-order valence-corrected chi connectivity index (χ4v) is 7.14. The molecule has 2 aromatic carbocycles. The minimum absolute atomic E-state index is 0.0408. The number of rotatable bonds is 6.